The van der Waals surface area contributed by atoms with Gasteiger partial charge in [0.25, 0.3) is 5.69 Å². The Balaban J connectivity index is 1.24. The molecule has 2 saturated heterocycles. The van der Waals surface area contributed by atoms with E-state index < -0.39 is 10.9 Å². The molecule has 14 nitrogen and oxygen atoms in total. The van der Waals surface area contributed by atoms with Crippen LogP contribution in [0.3, 0.4) is 0 Å². The molecule has 3 aromatic rings. The van der Waals surface area contributed by atoms with E-state index in [2.05, 4.69) is 35.3 Å². The van der Waals surface area contributed by atoms with E-state index in [-0.39, 0.29) is 11.3 Å². The monoisotopic (exact) mass is 548 g/mol. The number of aryl methyl sites for hydroxylation is 1. The van der Waals surface area contributed by atoms with Crippen molar-refractivity contribution in [1.82, 2.24) is 15.0 Å². The maximum absolute atomic E-state index is 12.5. The van der Waals surface area contributed by atoms with Gasteiger partial charge in [-0.1, -0.05) is 0 Å². The Hall–Kier alpha value is -4.69. The minimum atomic E-state index is -0.608. The minimum Gasteiger partial charge on any atom is -0.423 e. The first-order valence-corrected chi connectivity index (χ1v) is 12.7. The highest BCUT2D eigenvalue weighted by atomic mass is 16.6. The maximum atomic E-state index is 12.5. The average molecular weight is 549 g/mol. The Morgan fingerprint density at radius 1 is 0.975 bits per heavy atom. The maximum Gasteiger partial charge on any atom is 0.343 e. The molecule has 0 aliphatic carbocycles. The number of ether oxygens (including phenoxy) is 3. The molecule has 208 valence electrons. The predicted octanol–water partition coefficient (Wildman–Crippen LogP) is 2.43. The van der Waals surface area contributed by atoms with Gasteiger partial charge in [-0.15, -0.1) is 0 Å². The molecular weight excluding hydrogens is 520 g/mol. The standard InChI is InChI=1S/C26H28N8O6/c1-18-16-20(4-7-22(18)34(36)37)23(35)40-21-5-2-19(3-6-21)17-27-31-24-28-25(32-8-12-38-13-9-32)30-26(29-24)33-10-14-39-15-11-33/h2-7,16-17H,8-15H2,1H3,(H,28,29,30,31)/b27-17-. The van der Waals surface area contributed by atoms with Gasteiger partial charge in [-0.3, -0.25) is 10.1 Å². The van der Waals surface area contributed by atoms with Crippen molar-refractivity contribution in [2.24, 2.45) is 5.10 Å². The van der Waals surface area contributed by atoms with Crippen LogP contribution in [0.1, 0.15) is 21.5 Å². The van der Waals surface area contributed by atoms with Gasteiger partial charge in [0, 0.05) is 37.8 Å². The van der Waals surface area contributed by atoms with E-state index in [0.29, 0.717) is 81.8 Å². The van der Waals surface area contributed by atoms with Crippen LogP contribution in [0, 0.1) is 17.0 Å². The number of hydrazone groups is 1. The number of rotatable bonds is 8. The number of esters is 1. The molecule has 5 rings (SSSR count). The van der Waals surface area contributed by atoms with E-state index >= 15 is 0 Å². The molecule has 2 aliphatic heterocycles. The fourth-order valence-electron chi connectivity index (χ4n) is 4.15. The second-order valence-corrected chi connectivity index (χ2v) is 9.04. The third-order valence-electron chi connectivity index (χ3n) is 6.30. The number of benzene rings is 2. The van der Waals surface area contributed by atoms with Gasteiger partial charge in [0.15, 0.2) is 0 Å². The Labute approximate surface area is 229 Å². The highest BCUT2D eigenvalue weighted by Gasteiger charge is 2.21. The van der Waals surface area contributed by atoms with Gasteiger partial charge in [0.1, 0.15) is 5.75 Å². The van der Waals surface area contributed by atoms with Crippen LogP contribution in [0.2, 0.25) is 0 Å². The Kier molecular flexibility index (Phi) is 8.37. The summed E-state index contributed by atoms with van der Waals surface area (Å²) < 4.78 is 16.3. The molecule has 0 amide bonds. The second kappa shape index (κ2) is 12.4. The summed E-state index contributed by atoms with van der Waals surface area (Å²) in [5, 5.41) is 15.3. The summed E-state index contributed by atoms with van der Waals surface area (Å²) >= 11 is 0. The van der Waals surface area contributed by atoms with E-state index in [1.807, 2.05) is 0 Å². The zero-order chi connectivity index (χ0) is 27.9. The number of carbonyl (C=O) groups excluding carboxylic acids is 1. The van der Waals surface area contributed by atoms with Crippen molar-refractivity contribution in [3.05, 3.63) is 69.3 Å². The zero-order valence-corrected chi connectivity index (χ0v) is 21.9. The number of hydrogen-bond donors (Lipinski definition) is 1. The van der Waals surface area contributed by atoms with Crippen LogP contribution < -0.4 is 20.0 Å². The molecule has 2 fully saturated rings. The number of carbonyl (C=O) groups is 1. The lowest BCUT2D eigenvalue weighted by Gasteiger charge is -2.30. The number of nitrogens with one attached hydrogen (secondary N) is 1. The molecule has 14 heteroatoms. The normalized spacial score (nSPS) is 15.7. The summed E-state index contributed by atoms with van der Waals surface area (Å²) in [6.45, 7) is 6.77. The van der Waals surface area contributed by atoms with Gasteiger partial charge >= 0.3 is 5.97 Å². The summed E-state index contributed by atoms with van der Waals surface area (Å²) in [4.78, 5) is 40.9. The number of hydrogen-bond acceptors (Lipinski definition) is 13. The van der Waals surface area contributed by atoms with E-state index in [1.165, 1.54) is 18.2 Å². The quantitative estimate of drug-likeness (QED) is 0.144. The van der Waals surface area contributed by atoms with Crippen LogP contribution in [-0.2, 0) is 9.47 Å². The molecule has 0 spiro atoms. The number of morpholine rings is 2. The van der Waals surface area contributed by atoms with Crippen molar-refractivity contribution >= 4 is 35.7 Å². The Morgan fingerprint density at radius 2 is 1.57 bits per heavy atom. The molecule has 2 aromatic carbocycles. The largest absolute Gasteiger partial charge is 0.423 e. The molecule has 1 aromatic heterocycles. The molecule has 1 N–H and O–H groups in total. The van der Waals surface area contributed by atoms with Crippen molar-refractivity contribution in [1.29, 1.82) is 0 Å². The molecule has 0 atom stereocenters. The Bertz CT molecular complexity index is 1350. The zero-order valence-electron chi connectivity index (χ0n) is 21.9. The van der Waals surface area contributed by atoms with Gasteiger partial charge in [0.05, 0.1) is 43.1 Å². The van der Waals surface area contributed by atoms with Crippen LogP contribution in [0.15, 0.2) is 47.6 Å². The van der Waals surface area contributed by atoms with Gasteiger partial charge in [-0.05, 0) is 48.9 Å². The topological polar surface area (TPSA) is 157 Å². The molecular formula is C26H28N8O6. The lowest BCUT2D eigenvalue weighted by molar-refractivity contribution is -0.385. The van der Waals surface area contributed by atoms with E-state index in [0.717, 1.165) is 5.56 Å². The smallest absolute Gasteiger partial charge is 0.343 e. The van der Waals surface area contributed by atoms with E-state index in [4.69, 9.17) is 14.2 Å². The van der Waals surface area contributed by atoms with Gasteiger partial charge in [-0.25, -0.2) is 10.2 Å². The molecule has 2 aliphatic rings. The van der Waals surface area contributed by atoms with Crippen LogP contribution in [-0.4, -0.2) is 84.7 Å². The summed E-state index contributed by atoms with van der Waals surface area (Å²) in [5.74, 6) is 1.16. The summed E-state index contributed by atoms with van der Waals surface area (Å²) in [6, 6.07) is 10.8. The molecule has 0 radical (unpaired) electrons. The first-order valence-electron chi connectivity index (χ1n) is 12.7. The first-order chi connectivity index (χ1) is 19.5. The number of nitro groups is 1. The minimum absolute atomic E-state index is 0.0550. The van der Waals surface area contributed by atoms with Crippen molar-refractivity contribution in [2.45, 2.75) is 6.92 Å². The summed E-state index contributed by atoms with van der Waals surface area (Å²) in [6.07, 6.45) is 1.60. The molecule has 0 unspecified atom stereocenters. The van der Waals surface area contributed by atoms with Crippen molar-refractivity contribution in [3.8, 4) is 5.75 Å². The number of anilines is 3. The van der Waals surface area contributed by atoms with E-state index in [9.17, 15) is 14.9 Å². The van der Waals surface area contributed by atoms with Crippen molar-refractivity contribution in [3.63, 3.8) is 0 Å². The molecule has 0 saturated carbocycles. The SMILES string of the molecule is Cc1cc(C(=O)Oc2ccc(/C=N\Nc3nc(N4CCOCC4)nc(N4CCOCC4)n3)cc2)ccc1[N+](=O)[O-]. The fraction of sp³-hybridized carbons (Fsp3) is 0.346. The van der Waals surface area contributed by atoms with Crippen molar-refractivity contribution < 1.29 is 23.9 Å². The second-order valence-electron chi connectivity index (χ2n) is 9.04. The third-order valence-corrected chi connectivity index (χ3v) is 6.30. The average Bonchev–Trinajstić information content (AvgIpc) is 2.98. The van der Waals surface area contributed by atoms with Crippen molar-refractivity contribution in [2.75, 3.05) is 67.8 Å². The number of nitrogens with zero attached hydrogens (tertiary/aromatic N) is 7. The summed E-state index contributed by atoms with van der Waals surface area (Å²) in [7, 11) is 0. The summed E-state index contributed by atoms with van der Waals surface area (Å²) in [5.41, 5.74) is 4.19. The van der Waals surface area contributed by atoms with Gasteiger partial charge < -0.3 is 24.0 Å². The Morgan fingerprint density at radius 3 is 2.12 bits per heavy atom. The number of nitro benzene ring substituents is 1. The number of aromatic nitrogens is 3. The third kappa shape index (κ3) is 6.65. The molecule has 3 heterocycles. The van der Waals surface area contributed by atoms with Crippen LogP contribution in [0.5, 0.6) is 5.75 Å². The lowest BCUT2D eigenvalue weighted by atomic mass is 10.1. The van der Waals surface area contributed by atoms with E-state index in [1.54, 1.807) is 37.4 Å². The van der Waals surface area contributed by atoms with Gasteiger partial charge in [0.2, 0.25) is 17.8 Å². The van der Waals surface area contributed by atoms with Gasteiger partial charge in [-0.2, -0.15) is 20.1 Å². The highest BCUT2D eigenvalue weighted by Crippen LogP contribution is 2.21. The first kappa shape index (κ1) is 26.9. The fourth-order valence-corrected chi connectivity index (χ4v) is 4.15. The molecule has 0 bridgehead atoms. The predicted molar refractivity (Wildman–Crippen MR) is 146 cm³/mol. The highest BCUT2D eigenvalue weighted by molar-refractivity contribution is 5.91. The van der Waals surface area contributed by atoms with Crippen LogP contribution in [0.25, 0.3) is 0 Å². The lowest BCUT2D eigenvalue weighted by Crippen LogP contribution is -2.40. The van der Waals surface area contributed by atoms with Crippen LogP contribution >= 0.6 is 0 Å². The molecule has 40 heavy (non-hydrogen) atoms. The van der Waals surface area contributed by atoms with Crippen LogP contribution in [0.4, 0.5) is 23.5 Å².